The lowest BCUT2D eigenvalue weighted by molar-refractivity contribution is 0.174. The van der Waals surface area contributed by atoms with Crippen molar-refractivity contribution < 1.29 is 18.6 Å². The van der Waals surface area contributed by atoms with Crippen molar-refractivity contribution >= 4 is 0 Å². The number of halogens is 1. The maximum Gasteiger partial charge on any atom is 0.231 e. The molecule has 0 saturated heterocycles. The van der Waals surface area contributed by atoms with Gasteiger partial charge in [0.2, 0.25) is 6.79 Å². The van der Waals surface area contributed by atoms with Gasteiger partial charge in [0.15, 0.2) is 23.1 Å². The van der Waals surface area contributed by atoms with Crippen LogP contribution in [-0.2, 0) is 13.1 Å². The van der Waals surface area contributed by atoms with Crippen LogP contribution in [0.5, 0.6) is 17.2 Å². The first kappa shape index (κ1) is 15.6. The summed E-state index contributed by atoms with van der Waals surface area (Å²) in [6.45, 7) is 4.67. The largest absolute Gasteiger partial charge is 0.494 e. The molecule has 0 amide bonds. The molecule has 0 N–H and O–H groups in total. The zero-order chi connectivity index (χ0) is 16.2. The minimum absolute atomic E-state index is 0.271. The van der Waals surface area contributed by atoms with Gasteiger partial charge in [-0.15, -0.1) is 0 Å². The third kappa shape index (κ3) is 3.56. The molecule has 1 heterocycles. The van der Waals surface area contributed by atoms with E-state index in [4.69, 9.17) is 14.2 Å². The Kier molecular flexibility index (Phi) is 4.67. The quantitative estimate of drug-likeness (QED) is 0.815. The van der Waals surface area contributed by atoms with Crippen LogP contribution in [0.4, 0.5) is 4.39 Å². The molecule has 0 aliphatic carbocycles. The fraction of sp³-hybridized carbons (Fsp3) is 0.333. The van der Waals surface area contributed by atoms with Crippen LogP contribution < -0.4 is 14.2 Å². The van der Waals surface area contributed by atoms with Crippen molar-refractivity contribution in [3.05, 3.63) is 53.3 Å². The highest BCUT2D eigenvalue weighted by Gasteiger charge is 2.14. The van der Waals surface area contributed by atoms with Gasteiger partial charge in [-0.1, -0.05) is 19.1 Å². The first-order valence-corrected chi connectivity index (χ1v) is 7.63. The molecular formula is C18H20FNO3. The van der Waals surface area contributed by atoms with E-state index in [1.807, 2.05) is 24.3 Å². The summed E-state index contributed by atoms with van der Waals surface area (Å²) in [6, 6.07) is 11.0. The van der Waals surface area contributed by atoms with Crippen LogP contribution in [-0.4, -0.2) is 25.3 Å². The zero-order valence-electron chi connectivity index (χ0n) is 13.3. The first-order chi connectivity index (χ1) is 11.2. The third-order valence-electron chi connectivity index (χ3n) is 3.91. The monoisotopic (exact) mass is 317 g/mol. The van der Waals surface area contributed by atoms with Crippen molar-refractivity contribution in [1.29, 1.82) is 0 Å². The summed E-state index contributed by atoms with van der Waals surface area (Å²) in [6.07, 6.45) is 0. The Morgan fingerprint density at radius 2 is 1.74 bits per heavy atom. The average Bonchev–Trinajstić information content (AvgIpc) is 3.02. The number of fused-ring (bicyclic) bond motifs is 1. The van der Waals surface area contributed by atoms with Gasteiger partial charge in [0.1, 0.15) is 0 Å². The molecule has 0 aromatic heterocycles. The lowest BCUT2D eigenvalue weighted by atomic mass is 10.1. The van der Waals surface area contributed by atoms with E-state index in [2.05, 4.69) is 11.8 Å². The van der Waals surface area contributed by atoms with E-state index in [0.717, 1.165) is 35.7 Å². The number of hydrogen-bond acceptors (Lipinski definition) is 4. The predicted molar refractivity (Wildman–Crippen MR) is 85.3 cm³/mol. The van der Waals surface area contributed by atoms with Crippen LogP contribution in [0.3, 0.4) is 0 Å². The summed E-state index contributed by atoms with van der Waals surface area (Å²) in [4.78, 5) is 2.23. The normalized spacial score (nSPS) is 12.7. The summed E-state index contributed by atoms with van der Waals surface area (Å²) in [5, 5.41) is 0. The highest BCUT2D eigenvalue weighted by atomic mass is 19.1. The molecule has 0 saturated carbocycles. The van der Waals surface area contributed by atoms with Crippen molar-refractivity contribution in [2.45, 2.75) is 20.0 Å². The second kappa shape index (κ2) is 6.87. The van der Waals surface area contributed by atoms with E-state index >= 15 is 0 Å². The Labute approximate surface area is 135 Å². The standard InChI is InChI=1S/C18H20FNO3/c1-3-20(10-13-4-6-16(21-2)15(19)8-13)11-14-5-7-17-18(9-14)23-12-22-17/h4-9H,3,10-12H2,1-2H3. The summed E-state index contributed by atoms with van der Waals surface area (Å²) in [5.41, 5.74) is 2.07. The molecule has 2 aromatic carbocycles. The molecule has 23 heavy (non-hydrogen) atoms. The molecule has 4 nitrogen and oxygen atoms in total. The van der Waals surface area contributed by atoms with Crippen LogP contribution >= 0.6 is 0 Å². The molecule has 0 fully saturated rings. The van der Waals surface area contributed by atoms with E-state index in [0.29, 0.717) is 6.54 Å². The molecule has 1 aliphatic heterocycles. The number of nitrogens with zero attached hydrogens (tertiary/aromatic N) is 1. The molecule has 1 aliphatic rings. The molecule has 5 heteroatoms. The number of methoxy groups -OCH3 is 1. The average molecular weight is 317 g/mol. The summed E-state index contributed by atoms with van der Waals surface area (Å²) in [7, 11) is 1.47. The maximum absolute atomic E-state index is 13.8. The molecule has 0 spiro atoms. The SMILES string of the molecule is CCN(Cc1ccc(OC)c(F)c1)Cc1ccc2c(c1)OCO2. The smallest absolute Gasteiger partial charge is 0.231 e. The van der Waals surface area contributed by atoms with E-state index in [1.165, 1.54) is 13.2 Å². The number of rotatable bonds is 6. The Hall–Kier alpha value is -2.27. The predicted octanol–water partition coefficient (Wildman–Crippen LogP) is 3.59. The van der Waals surface area contributed by atoms with E-state index in [-0.39, 0.29) is 18.4 Å². The molecule has 0 atom stereocenters. The minimum Gasteiger partial charge on any atom is -0.494 e. The lowest BCUT2D eigenvalue weighted by Gasteiger charge is -2.21. The molecule has 3 rings (SSSR count). The van der Waals surface area contributed by atoms with Crippen LogP contribution in [0.1, 0.15) is 18.1 Å². The molecule has 2 aromatic rings. The summed E-state index contributed by atoms with van der Waals surface area (Å²) < 4.78 is 29.5. The van der Waals surface area contributed by atoms with Crippen LogP contribution in [0.2, 0.25) is 0 Å². The topological polar surface area (TPSA) is 30.9 Å². The van der Waals surface area contributed by atoms with Crippen LogP contribution in [0.15, 0.2) is 36.4 Å². The van der Waals surface area contributed by atoms with E-state index < -0.39 is 0 Å². The summed E-state index contributed by atoms with van der Waals surface area (Å²) >= 11 is 0. The van der Waals surface area contributed by atoms with Gasteiger partial charge >= 0.3 is 0 Å². The number of benzene rings is 2. The molecule has 0 bridgehead atoms. The van der Waals surface area contributed by atoms with Crippen LogP contribution in [0.25, 0.3) is 0 Å². The van der Waals surface area contributed by atoms with Crippen molar-refractivity contribution in [1.82, 2.24) is 4.90 Å². The fourth-order valence-electron chi connectivity index (χ4n) is 2.64. The van der Waals surface area contributed by atoms with Gasteiger partial charge in [-0.25, -0.2) is 4.39 Å². The van der Waals surface area contributed by atoms with Gasteiger partial charge in [-0.3, -0.25) is 4.90 Å². The second-order valence-electron chi connectivity index (χ2n) is 5.46. The number of ether oxygens (including phenoxy) is 3. The Bertz CT molecular complexity index is 690. The van der Waals surface area contributed by atoms with Crippen LogP contribution in [0, 0.1) is 5.82 Å². The Morgan fingerprint density at radius 1 is 1.04 bits per heavy atom. The summed E-state index contributed by atoms with van der Waals surface area (Å²) in [5.74, 6) is 1.51. The molecular weight excluding hydrogens is 297 g/mol. The maximum atomic E-state index is 13.8. The number of hydrogen-bond donors (Lipinski definition) is 0. The van der Waals surface area contributed by atoms with Crippen molar-refractivity contribution in [3.8, 4) is 17.2 Å². The molecule has 0 radical (unpaired) electrons. The van der Waals surface area contributed by atoms with Crippen molar-refractivity contribution in [3.63, 3.8) is 0 Å². The Balaban J connectivity index is 1.69. The van der Waals surface area contributed by atoms with Gasteiger partial charge in [0, 0.05) is 13.1 Å². The minimum atomic E-state index is -0.330. The van der Waals surface area contributed by atoms with Gasteiger partial charge in [0.25, 0.3) is 0 Å². The van der Waals surface area contributed by atoms with Gasteiger partial charge in [-0.2, -0.15) is 0 Å². The fourth-order valence-corrected chi connectivity index (χ4v) is 2.64. The van der Waals surface area contributed by atoms with Gasteiger partial charge < -0.3 is 14.2 Å². The molecule has 122 valence electrons. The third-order valence-corrected chi connectivity index (χ3v) is 3.91. The lowest BCUT2D eigenvalue weighted by Crippen LogP contribution is -2.22. The van der Waals surface area contributed by atoms with E-state index in [1.54, 1.807) is 6.07 Å². The second-order valence-corrected chi connectivity index (χ2v) is 5.46. The van der Waals surface area contributed by atoms with E-state index in [9.17, 15) is 4.39 Å². The highest BCUT2D eigenvalue weighted by Crippen LogP contribution is 2.33. The zero-order valence-corrected chi connectivity index (χ0v) is 13.3. The van der Waals surface area contributed by atoms with Gasteiger partial charge in [0.05, 0.1) is 7.11 Å². The Morgan fingerprint density at radius 3 is 2.43 bits per heavy atom. The first-order valence-electron chi connectivity index (χ1n) is 7.63. The highest BCUT2D eigenvalue weighted by molar-refractivity contribution is 5.44. The molecule has 0 unspecified atom stereocenters. The van der Waals surface area contributed by atoms with Crippen molar-refractivity contribution in [2.24, 2.45) is 0 Å². The van der Waals surface area contributed by atoms with Crippen molar-refractivity contribution in [2.75, 3.05) is 20.4 Å². The van der Waals surface area contributed by atoms with Gasteiger partial charge in [-0.05, 0) is 41.9 Å².